The molecule has 1 N–H and O–H groups in total. The first-order chi connectivity index (χ1) is 7.25. The highest BCUT2D eigenvalue weighted by Crippen LogP contribution is 2.27. The summed E-state index contributed by atoms with van der Waals surface area (Å²) in [5, 5.41) is 4.53. The summed E-state index contributed by atoms with van der Waals surface area (Å²) < 4.78 is 0. The summed E-state index contributed by atoms with van der Waals surface area (Å²) in [6.45, 7) is 4.57. The Morgan fingerprint density at radius 2 is 2.07 bits per heavy atom. The molecule has 3 atom stereocenters. The van der Waals surface area contributed by atoms with Crippen LogP contribution in [0.15, 0.2) is 30.3 Å². The van der Waals surface area contributed by atoms with Crippen molar-refractivity contribution < 1.29 is 0 Å². The zero-order chi connectivity index (χ0) is 10.7. The Kier molecular flexibility index (Phi) is 3.71. The maximum atomic E-state index is 3.70. The molecule has 82 valence electrons. The molecule has 1 heterocycles. The maximum absolute atomic E-state index is 3.70. The lowest BCUT2D eigenvalue weighted by Gasteiger charge is -2.19. The molecule has 1 aliphatic heterocycles. The van der Waals surface area contributed by atoms with E-state index >= 15 is 0 Å². The van der Waals surface area contributed by atoms with Gasteiger partial charge in [0.15, 0.2) is 0 Å². The van der Waals surface area contributed by atoms with E-state index in [-0.39, 0.29) is 0 Å². The summed E-state index contributed by atoms with van der Waals surface area (Å²) in [5.74, 6) is 1.26. The van der Waals surface area contributed by atoms with Gasteiger partial charge in [0, 0.05) is 23.1 Å². The topological polar surface area (TPSA) is 12.0 Å². The molecule has 0 aliphatic carbocycles. The normalized spacial score (nSPS) is 27.9. The van der Waals surface area contributed by atoms with E-state index in [1.807, 2.05) is 0 Å². The van der Waals surface area contributed by atoms with Crippen LogP contribution in [0.25, 0.3) is 0 Å². The predicted molar refractivity (Wildman–Crippen MR) is 68.3 cm³/mol. The summed E-state index contributed by atoms with van der Waals surface area (Å²) in [6.07, 6.45) is 1.31. The van der Waals surface area contributed by atoms with Crippen molar-refractivity contribution in [3.63, 3.8) is 0 Å². The van der Waals surface area contributed by atoms with Crippen LogP contribution in [0, 0.1) is 0 Å². The molecule has 1 fully saturated rings. The lowest BCUT2D eigenvalue weighted by Crippen LogP contribution is -2.31. The summed E-state index contributed by atoms with van der Waals surface area (Å²) in [6, 6.07) is 11.9. The van der Waals surface area contributed by atoms with Crippen LogP contribution in [0.5, 0.6) is 0 Å². The number of hydrogen-bond donors (Lipinski definition) is 1. The third-order valence-electron chi connectivity index (χ3n) is 2.98. The fraction of sp³-hybridized carbons (Fsp3) is 0.538. The molecule has 0 amide bonds. The van der Waals surface area contributed by atoms with E-state index in [4.69, 9.17) is 0 Å². The first-order valence-corrected chi connectivity index (χ1v) is 6.73. The van der Waals surface area contributed by atoms with Crippen molar-refractivity contribution in [2.45, 2.75) is 37.6 Å². The Morgan fingerprint density at radius 1 is 1.33 bits per heavy atom. The van der Waals surface area contributed by atoms with Crippen molar-refractivity contribution in [1.29, 1.82) is 0 Å². The van der Waals surface area contributed by atoms with Crippen molar-refractivity contribution in [1.82, 2.24) is 5.32 Å². The summed E-state index contributed by atoms with van der Waals surface area (Å²) in [7, 11) is 0. The number of thioether (sulfide) groups is 1. The molecule has 1 saturated heterocycles. The number of rotatable bonds is 3. The van der Waals surface area contributed by atoms with Gasteiger partial charge in [-0.3, -0.25) is 0 Å². The van der Waals surface area contributed by atoms with Gasteiger partial charge in [0.05, 0.1) is 0 Å². The Bertz CT molecular complexity index is 299. The Hall–Kier alpha value is -0.470. The molecule has 0 saturated carbocycles. The number of hydrogen-bond acceptors (Lipinski definition) is 2. The lowest BCUT2D eigenvalue weighted by atomic mass is 10.1. The molecule has 1 aliphatic rings. The molecule has 1 aromatic carbocycles. The number of nitrogens with one attached hydrogen (secondary N) is 1. The molecule has 0 radical (unpaired) electrons. The third kappa shape index (κ3) is 2.99. The molecule has 0 spiro atoms. The van der Waals surface area contributed by atoms with E-state index in [9.17, 15) is 0 Å². The van der Waals surface area contributed by atoms with Crippen LogP contribution in [0.1, 0.15) is 31.9 Å². The van der Waals surface area contributed by atoms with Gasteiger partial charge in [0.25, 0.3) is 0 Å². The second kappa shape index (κ2) is 5.04. The minimum Gasteiger partial charge on any atom is -0.307 e. The highest BCUT2D eigenvalue weighted by Gasteiger charge is 2.22. The molecule has 2 rings (SSSR count). The van der Waals surface area contributed by atoms with Crippen LogP contribution in [0.4, 0.5) is 0 Å². The van der Waals surface area contributed by atoms with Crippen molar-refractivity contribution in [3.05, 3.63) is 35.9 Å². The van der Waals surface area contributed by atoms with E-state index in [0.717, 1.165) is 5.25 Å². The molecule has 0 bridgehead atoms. The van der Waals surface area contributed by atoms with Crippen molar-refractivity contribution in [2.24, 2.45) is 0 Å². The highest BCUT2D eigenvalue weighted by atomic mass is 32.2. The van der Waals surface area contributed by atoms with Crippen LogP contribution in [0.3, 0.4) is 0 Å². The first-order valence-electron chi connectivity index (χ1n) is 5.68. The highest BCUT2D eigenvalue weighted by molar-refractivity contribution is 8.00. The van der Waals surface area contributed by atoms with Gasteiger partial charge in [-0.25, -0.2) is 0 Å². The zero-order valence-electron chi connectivity index (χ0n) is 9.44. The van der Waals surface area contributed by atoms with Crippen LogP contribution in [-0.4, -0.2) is 17.0 Å². The van der Waals surface area contributed by atoms with E-state index in [0.29, 0.717) is 12.1 Å². The maximum Gasteiger partial charge on any atom is 0.0294 e. The van der Waals surface area contributed by atoms with Crippen molar-refractivity contribution in [2.75, 3.05) is 5.75 Å². The second-order valence-corrected chi connectivity index (χ2v) is 5.85. The zero-order valence-corrected chi connectivity index (χ0v) is 10.3. The summed E-state index contributed by atoms with van der Waals surface area (Å²) in [5.41, 5.74) is 1.39. The van der Waals surface area contributed by atoms with Gasteiger partial charge in [-0.1, -0.05) is 37.3 Å². The van der Waals surface area contributed by atoms with Crippen LogP contribution in [-0.2, 0) is 0 Å². The molecule has 15 heavy (non-hydrogen) atoms. The third-order valence-corrected chi connectivity index (χ3v) is 4.34. The Balaban J connectivity index is 1.90. The van der Waals surface area contributed by atoms with Gasteiger partial charge in [0.2, 0.25) is 0 Å². The quantitative estimate of drug-likeness (QED) is 0.841. The van der Waals surface area contributed by atoms with Crippen LogP contribution < -0.4 is 5.32 Å². The fourth-order valence-electron chi connectivity index (χ4n) is 2.12. The van der Waals surface area contributed by atoms with Gasteiger partial charge >= 0.3 is 0 Å². The standard InChI is InChI=1S/C13H19NS/c1-10-8-13(9-15-10)14-11(2)12-6-4-3-5-7-12/h3-7,10-11,13-14H,8-9H2,1-2H3/t10?,11-,13?/m0/s1. The van der Waals surface area contributed by atoms with Gasteiger partial charge in [-0.2, -0.15) is 11.8 Å². The van der Waals surface area contributed by atoms with Crippen LogP contribution in [0.2, 0.25) is 0 Å². The minimum atomic E-state index is 0.474. The van der Waals surface area contributed by atoms with Gasteiger partial charge in [-0.05, 0) is 18.9 Å². The van der Waals surface area contributed by atoms with Gasteiger partial charge in [0.1, 0.15) is 0 Å². The smallest absolute Gasteiger partial charge is 0.0294 e. The molecular weight excluding hydrogens is 202 g/mol. The molecule has 2 heteroatoms. The first kappa shape index (κ1) is 11.0. The van der Waals surface area contributed by atoms with E-state index in [1.54, 1.807) is 0 Å². The van der Waals surface area contributed by atoms with Crippen LogP contribution >= 0.6 is 11.8 Å². The van der Waals surface area contributed by atoms with Crippen molar-refractivity contribution >= 4 is 11.8 Å². The lowest BCUT2D eigenvalue weighted by molar-refractivity contribution is 0.474. The molecule has 2 unspecified atom stereocenters. The van der Waals surface area contributed by atoms with Gasteiger partial charge in [-0.15, -0.1) is 0 Å². The van der Waals surface area contributed by atoms with E-state index < -0.39 is 0 Å². The molecule has 1 aromatic rings. The SMILES string of the molecule is CC1CC(N[C@@H](C)c2ccccc2)CS1. The van der Waals surface area contributed by atoms with Crippen molar-refractivity contribution in [3.8, 4) is 0 Å². The van der Waals surface area contributed by atoms with E-state index in [2.05, 4.69) is 61.3 Å². The molecule has 1 nitrogen and oxygen atoms in total. The summed E-state index contributed by atoms with van der Waals surface area (Å²) >= 11 is 2.08. The molecule has 0 aromatic heterocycles. The number of benzene rings is 1. The molecular formula is C13H19NS. The predicted octanol–water partition coefficient (Wildman–Crippen LogP) is 3.23. The minimum absolute atomic E-state index is 0.474. The Morgan fingerprint density at radius 3 is 2.67 bits per heavy atom. The fourth-order valence-corrected chi connectivity index (χ4v) is 3.29. The summed E-state index contributed by atoms with van der Waals surface area (Å²) in [4.78, 5) is 0. The largest absolute Gasteiger partial charge is 0.307 e. The monoisotopic (exact) mass is 221 g/mol. The van der Waals surface area contributed by atoms with Gasteiger partial charge < -0.3 is 5.32 Å². The second-order valence-electron chi connectivity index (χ2n) is 4.38. The Labute approximate surface area is 96.7 Å². The average molecular weight is 221 g/mol. The average Bonchev–Trinajstić information content (AvgIpc) is 2.65. The van der Waals surface area contributed by atoms with E-state index in [1.165, 1.54) is 17.7 Å².